The molecule has 1 aliphatic heterocycles. The third kappa shape index (κ3) is 2.49. The molecule has 0 saturated carbocycles. The second kappa shape index (κ2) is 5.85. The average Bonchev–Trinajstić information content (AvgIpc) is 2.82. The molecule has 1 fully saturated rings. The summed E-state index contributed by atoms with van der Waals surface area (Å²) in [5, 5.41) is 9.56. The van der Waals surface area contributed by atoms with Crippen molar-refractivity contribution in [3.8, 4) is 0 Å². The first-order valence-corrected chi connectivity index (χ1v) is 7.40. The topological polar surface area (TPSA) is 66.8 Å². The largest absolute Gasteiger partial charge is 0.422 e. The number of carbonyl (C=O) groups is 2. The fourth-order valence-corrected chi connectivity index (χ4v) is 2.80. The summed E-state index contributed by atoms with van der Waals surface area (Å²) in [4.78, 5) is 26.3. The van der Waals surface area contributed by atoms with E-state index >= 15 is 0 Å². The van der Waals surface area contributed by atoms with Crippen LogP contribution in [0.3, 0.4) is 0 Å². The van der Waals surface area contributed by atoms with Gasteiger partial charge in [-0.15, -0.1) is 0 Å². The van der Waals surface area contributed by atoms with Gasteiger partial charge in [-0.3, -0.25) is 4.79 Å². The van der Waals surface area contributed by atoms with Crippen molar-refractivity contribution < 1.29 is 19.4 Å². The number of β-amino-alcohol motifs (C(OH)–C–C–N with tert-alkyl or cyclic N) is 1. The van der Waals surface area contributed by atoms with Gasteiger partial charge in [-0.25, -0.2) is 9.69 Å². The highest BCUT2D eigenvalue weighted by Gasteiger charge is 2.56. The number of carbonyl (C=O) groups excluding carboxylic acids is 2. The summed E-state index contributed by atoms with van der Waals surface area (Å²) in [5.74, 6) is -0.485. The van der Waals surface area contributed by atoms with Crippen molar-refractivity contribution in [3.05, 3.63) is 71.8 Å². The first-order chi connectivity index (χ1) is 11.1. The van der Waals surface area contributed by atoms with Crippen molar-refractivity contribution in [2.75, 3.05) is 6.54 Å². The lowest BCUT2D eigenvalue weighted by atomic mass is 9.85. The van der Waals surface area contributed by atoms with Crippen LogP contribution in [0.5, 0.6) is 0 Å². The minimum absolute atomic E-state index is 0.0981. The number of hydrogen-bond acceptors (Lipinski definition) is 4. The van der Waals surface area contributed by atoms with E-state index in [4.69, 9.17) is 4.74 Å². The number of amides is 2. The summed E-state index contributed by atoms with van der Waals surface area (Å²) in [6.07, 6.45) is -1.57. The van der Waals surface area contributed by atoms with Crippen molar-refractivity contribution in [1.29, 1.82) is 0 Å². The molecule has 2 amide bonds. The Kier molecular flexibility index (Phi) is 3.88. The number of aliphatic hydroxyl groups excluding tert-OH is 1. The first-order valence-electron chi connectivity index (χ1n) is 7.40. The smallest absolute Gasteiger partial charge is 0.418 e. The maximum Gasteiger partial charge on any atom is 0.418 e. The lowest BCUT2D eigenvalue weighted by Gasteiger charge is -2.26. The van der Waals surface area contributed by atoms with E-state index in [1.54, 1.807) is 48.5 Å². The molecule has 0 aliphatic carbocycles. The van der Waals surface area contributed by atoms with Gasteiger partial charge in [0, 0.05) is 11.1 Å². The van der Waals surface area contributed by atoms with Gasteiger partial charge in [0.25, 0.3) is 5.91 Å². The average molecular weight is 311 g/mol. The number of nitrogens with zero attached hydrogens (tertiary/aromatic N) is 1. The van der Waals surface area contributed by atoms with Gasteiger partial charge in [0.1, 0.15) is 0 Å². The van der Waals surface area contributed by atoms with Gasteiger partial charge < -0.3 is 9.84 Å². The van der Waals surface area contributed by atoms with E-state index in [-0.39, 0.29) is 6.54 Å². The van der Waals surface area contributed by atoms with Crippen molar-refractivity contribution in [2.45, 2.75) is 18.6 Å². The molecule has 1 N–H and O–H groups in total. The highest BCUT2D eigenvalue weighted by Crippen LogP contribution is 2.40. The predicted octanol–water partition coefficient (Wildman–Crippen LogP) is 2.29. The van der Waals surface area contributed by atoms with E-state index in [2.05, 4.69) is 0 Å². The van der Waals surface area contributed by atoms with Crippen LogP contribution in [0.1, 0.15) is 18.1 Å². The van der Waals surface area contributed by atoms with E-state index in [0.717, 1.165) is 4.90 Å². The Labute approximate surface area is 134 Å². The van der Waals surface area contributed by atoms with Gasteiger partial charge in [0.2, 0.25) is 5.60 Å². The molecule has 1 heterocycles. The number of benzene rings is 2. The molecule has 1 atom stereocenters. The molecule has 2 aromatic carbocycles. The normalized spacial score (nSPS) is 17.9. The maximum atomic E-state index is 13.0. The lowest BCUT2D eigenvalue weighted by Crippen LogP contribution is -2.42. The molecule has 0 aromatic heterocycles. The Morgan fingerprint density at radius 2 is 1.48 bits per heavy atom. The SMILES string of the molecule is CC(O)CN1C(=O)OC(c2ccccc2)(c2ccccc2)C1=O. The maximum absolute atomic E-state index is 13.0. The Hall–Kier alpha value is -2.66. The number of aliphatic hydroxyl groups is 1. The molecule has 0 spiro atoms. The van der Waals surface area contributed by atoms with E-state index in [1.807, 2.05) is 12.1 Å². The Morgan fingerprint density at radius 1 is 1.00 bits per heavy atom. The van der Waals surface area contributed by atoms with Crippen LogP contribution in [0.2, 0.25) is 0 Å². The summed E-state index contributed by atoms with van der Waals surface area (Å²) in [5.41, 5.74) is -0.343. The lowest BCUT2D eigenvalue weighted by molar-refractivity contribution is -0.135. The zero-order valence-corrected chi connectivity index (χ0v) is 12.7. The van der Waals surface area contributed by atoms with Gasteiger partial charge in [-0.1, -0.05) is 60.7 Å². The Morgan fingerprint density at radius 3 is 1.91 bits per heavy atom. The van der Waals surface area contributed by atoms with Crippen LogP contribution in [0.25, 0.3) is 0 Å². The van der Waals surface area contributed by atoms with Gasteiger partial charge >= 0.3 is 6.09 Å². The summed E-state index contributed by atoms with van der Waals surface area (Å²) >= 11 is 0. The minimum atomic E-state index is -1.51. The van der Waals surface area contributed by atoms with Crippen LogP contribution in [0.4, 0.5) is 4.79 Å². The molecule has 1 aliphatic rings. The Bertz CT molecular complexity index is 673. The summed E-state index contributed by atoms with van der Waals surface area (Å²) in [6, 6.07) is 17.8. The molecule has 2 aromatic rings. The van der Waals surface area contributed by atoms with Crippen molar-refractivity contribution >= 4 is 12.0 Å². The number of rotatable bonds is 4. The third-order valence-electron chi connectivity index (χ3n) is 3.81. The number of imide groups is 1. The predicted molar refractivity (Wildman–Crippen MR) is 83.5 cm³/mol. The van der Waals surface area contributed by atoms with Crippen LogP contribution in [0, 0.1) is 0 Å². The van der Waals surface area contributed by atoms with Gasteiger partial charge in [0.05, 0.1) is 12.6 Å². The van der Waals surface area contributed by atoms with E-state index in [0.29, 0.717) is 11.1 Å². The van der Waals surface area contributed by atoms with E-state index in [1.165, 1.54) is 6.92 Å². The fourth-order valence-electron chi connectivity index (χ4n) is 2.80. The standard InChI is InChI=1S/C18H17NO4/c1-13(20)12-19-16(21)18(23-17(19)22,14-8-4-2-5-9-14)15-10-6-3-7-11-15/h2-11,13,20H,12H2,1H3. The Balaban J connectivity index is 2.15. The minimum Gasteiger partial charge on any atom is -0.422 e. The molecule has 0 radical (unpaired) electrons. The number of hydrogen-bond donors (Lipinski definition) is 1. The van der Waals surface area contributed by atoms with E-state index < -0.39 is 23.7 Å². The molecule has 118 valence electrons. The second-order valence-corrected chi connectivity index (χ2v) is 5.55. The van der Waals surface area contributed by atoms with Crippen LogP contribution < -0.4 is 0 Å². The summed E-state index contributed by atoms with van der Waals surface area (Å²) in [7, 11) is 0. The van der Waals surface area contributed by atoms with Gasteiger partial charge in [-0.2, -0.15) is 0 Å². The second-order valence-electron chi connectivity index (χ2n) is 5.55. The van der Waals surface area contributed by atoms with Crippen molar-refractivity contribution in [1.82, 2.24) is 4.90 Å². The molecular formula is C18H17NO4. The van der Waals surface area contributed by atoms with Gasteiger partial charge in [0.15, 0.2) is 0 Å². The monoisotopic (exact) mass is 311 g/mol. The quantitative estimate of drug-likeness (QED) is 0.941. The number of ether oxygens (including phenoxy) is 1. The van der Waals surface area contributed by atoms with Gasteiger partial charge in [-0.05, 0) is 6.92 Å². The zero-order chi connectivity index (χ0) is 16.4. The third-order valence-corrected chi connectivity index (χ3v) is 3.81. The molecular weight excluding hydrogens is 294 g/mol. The molecule has 23 heavy (non-hydrogen) atoms. The number of cyclic esters (lactones) is 1. The highest BCUT2D eigenvalue weighted by atomic mass is 16.6. The fraction of sp³-hybridized carbons (Fsp3) is 0.222. The summed E-state index contributed by atoms with van der Waals surface area (Å²) in [6.45, 7) is 1.42. The molecule has 1 saturated heterocycles. The van der Waals surface area contributed by atoms with E-state index in [9.17, 15) is 14.7 Å². The zero-order valence-electron chi connectivity index (χ0n) is 12.7. The molecule has 0 bridgehead atoms. The first kappa shape index (κ1) is 15.2. The highest BCUT2D eigenvalue weighted by molar-refractivity contribution is 6.05. The van der Waals surface area contributed by atoms with Crippen molar-refractivity contribution in [3.63, 3.8) is 0 Å². The molecule has 1 unspecified atom stereocenters. The molecule has 3 rings (SSSR count). The van der Waals surface area contributed by atoms with Crippen LogP contribution >= 0.6 is 0 Å². The van der Waals surface area contributed by atoms with Crippen LogP contribution in [-0.4, -0.2) is 34.7 Å². The summed E-state index contributed by atoms with van der Waals surface area (Å²) < 4.78 is 5.57. The molecule has 5 heteroatoms. The molecule has 5 nitrogen and oxygen atoms in total. The van der Waals surface area contributed by atoms with Crippen LogP contribution in [-0.2, 0) is 15.1 Å². The van der Waals surface area contributed by atoms with Crippen LogP contribution in [0.15, 0.2) is 60.7 Å². The van der Waals surface area contributed by atoms with Crippen molar-refractivity contribution in [2.24, 2.45) is 0 Å².